The number of hydrogen-bond acceptors (Lipinski definition) is 6. The SMILES string of the molecule is COc1ccc2nc(NC(=O)c3cocn3)sc2c1. The maximum atomic E-state index is 11.8. The monoisotopic (exact) mass is 275 g/mol. The first-order chi connectivity index (χ1) is 9.26. The van der Waals surface area contributed by atoms with Crippen molar-refractivity contribution in [2.24, 2.45) is 0 Å². The maximum absolute atomic E-state index is 11.8. The quantitative estimate of drug-likeness (QED) is 0.794. The van der Waals surface area contributed by atoms with E-state index in [-0.39, 0.29) is 11.6 Å². The van der Waals surface area contributed by atoms with E-state index in [4.69, 9.17) is 9.15 Å². The van der Waals surface area contributed by atoms with Crippen LogP contribution >= 0.6 is 11.3 Å². The van der Waals surface area contributed by atoms with Crippen LogP contribution in [0.2, 0.25) is 0 Å². The van der Waals surface area contributed by atoms with Gasteiger partial charge in [0.15, 0.2) is 17.2 Å². The van der Waals surface area contributed by atoms with Gasteiger partial charge in [0.25, 0.3) is 5.91 Å². The van der Waals surface area contributed by atoms with Gasteiger partial charge in [0, 0.05) is 0 Å². The molecule has 1 N–H and O–H groups in total. The molecular formula is C12H9N3O3S. The van der Waals surface area contributed by atoms with Crippen LogP contribution in [0.5, 0.6) is 5.75 Å². The minimum atomic E-state index is -0.347. The molecule has 0 bridgehead atoms. The number of aromatic nitrogens is 2. The summed E-state index contributed by atoms with van der Waals surface area (Å²) in [5.41, 5.74) is 1.03. The smallest absolute Gasteiger partial charge is 0.279 e. The molecule has 0 saturated carbocycles. The number of oxazole rings is 1. The lowest BCUT2D eigenvalue weighted by Gasteiger charge is -1.96. The van der Waals surface area contributed by atoms with Crippen molar-refractivity contribution in [3.8, 4) is 5.75 Å². The van der Waals surface area contributed by atoms with E-state index in [1.54, 1.807) is 7.11 Å². The van der Waals surface area contributed by atoms with Crippen LogP contribution in [-0.2, 0) is 0 Å². The van der Waals surface area contributed by atoms with Gasteiger partial charge >= 0.3 is 0 Å². The zero-order valence-corrected chi connectivity index (χ0v) is 10.7. The molecule has 7 heteroatoms. The van der Waals surface area contributed by atoms with E-state index in [2.05, 4.69) is 15.3 Å². The number of nitrogens with zero attached hydrogens (tertiary/aromatic N) is 2. The molecule has 0 fully saturated rings. The molecule has 6 nitrogen and oxygen atoms in total. The van der Waals surface area contributed by atoms with Gasteiger partial charge in [-0.2, -0.15) is 0 Å². The summed E-state index contributed by atoms with van der Waals surface area (Å²) in [7, 11) is 1.61. The topological polar surface area (TPSA) is 77.2 Å². The molecule has 3 rings (SSSR count). The minimum Gasteiger partial charge on any atom is -0.497 e. The number of benzene rings is 1. The summed E-state index contributed by atoms with van der Waals surface area (Å²) in [6.07, 6.45) is 2.49. The van der Waals surface area contributed by atoms with Crippen LogP contribution < -0.4 is 10.1 Å². The van der Waals surface area contributed by atoms with Crippen LogP contribution in [0.15, 0.2) is 35.3 Å². The average Bonchev–Trinajstić information content (AvgIpc) is 3.06. The van der Waals surface area contributed by atoms with Gasteiger partial charge in [-0.1, -0.05) is 11.3 Å². The number of rotatable bonds is 3. The van der Waals surface area contributed by atoms with Crippen LogP contribution in [-0.4, -0.2) is 23.0 Å². The number of nitrogens with one attached hydrogen (secondary N) is 1. The second-order valence-electron chi connectivity index (χ2n) is 3.68. The van der Waals surface area contributed by atoms with Gasteiger partial charge < -0.3 is 9.15 Å². The van der Waals surface area contributed by atoms with Gasteiger partial charge in [0.1, 0.15) is 12.0 Å². The van der Waals surface area contributed by atoms with E-state index in [9.17, 15) is 4.79 Å². The van der Waals surface area contributed by atoms with E-state index >= 15 is 0 Å². The Bertz CT molecular complexity index is 721. The van der Waals surface area contributed by atoms with Crippen molar-refractivity contribution in [2.45, 2.75) is 0 Å². The van der Waals surface area contributed by atoms with Gasteiger partial charge in [0.05, 0.1) is 17.3 Å². The van der Waals surface area contributed by atoms with Gasteiger partial charge in [-0.25, -0.2) is 9.97 Å². The van der Waals surface area contributed by atoms with Gasteiger partial charge in [-0.05, 0) is 18.2 Å². The van der Waals surface area contributed by atoms with Crippen LogP contribution in [0.4, 0.5) is 5.13 Å². The Kier molecular flexibility index (Phi) is 2.88. The first-order valence-corrected chi connectivity index (χ1v) is 6.22. The first kappa shape index (κ1) is 11.7. The van der Waals surface area contributed by atoms with Gasteiger partial charge in [-0.3, -0.25) is 10.1 Å². The number of carbonyl (C=O) groups is 1. The fourth-order valence-corrected chi connectivity index (χ4v) is 2.46. The van der Waals surface area contributed by atoms with E-state index < -0.39 is 0 Å². The lowest BCUT2D eigenvalue weighted by molar-refractivity contribution is 0.102. The van der Waals surface area contributed by atoms with Crippen LogP contribution in [0.25, 0.3) is 10.2 Å². The molecule has 0 aliphatic rings. The standard InChI is InChI=1S/C12H9N3O3S/c1-17-7-2-3-8-10(4-7)19-12(14-8)15-11(16)9-5-18-6-13-9/h2-6H,1H3,(H,14,15,16). The number of methoxy groups -OCH3 is 1. The second kappa shape index (κ2) is 4.69. The van der Waals surface area contributed by atoms with Crippen molar-refractivity contribution < 1.29 is 13.9 Å². The average molecular weight is 275 g/mol. The van der Waals surface area contributed by atoms with Gasteiger partial charge in [0.2, 0.25) is 0 Å². The summed E-state index contributed by atoms with van der Waals surface area (Å²) in [6, 6.07) is 5.54. The van der Waals surface area contributed by atoms with Crippen LogP contribution in [0.1, 0.15) is 10.5 Å². The summed E-state index contributed by atoms with van der Waals surface area (Å²) in [4.78, 5) is 19.9. The molecule has 1 amide bonds. The van der Waals surface area contributed by atoms with E-state index in [0.717, 1.165) is 16.0 Å². The third-order valence-electron chi connectivity index (χ3n) is 2.48. The van der Waals surface area contributed by atoms with Crippen LogP contribution in [0.3, 0.4) is 0 Å². The third kappa shape index (κ3) is 2.27. The van der Waals surface area contributed by atoms with E-state index in [1.807, 2.05) is 18.2 Å². The molecule has 0 spiro atoms. The number of thiazole rings is 1. The Balaban J connectivity index is 1.87. The lowest BCUT2D eigenvalue weighted by Crippen LogP contribution is -2.11. The molecule has 0 unspecified atom stereocenters. The van der Waals surface area contributed by atoms with Crippen molar-refractivity contribution in [1.29, 1.82) is 0 Å². The highest BCUT2D eigenvalue weighted by Gasteiger charge is 2.12. The Morgan fingerprint density at radius 3 is 3.11 bits per heavy atom. The predicted molar refractivity (Wildman–Crippen MR) is 70.6 cm³/mol. The molecule has 0 aliphatic heterocycles. The molecule has 3 aromatic rings. The lowest BCUT2D eigenvalue weighted by atomic mass is 10.3. The highest BCUT2D eigenvalue weighted by molar-refractivity contribution is 7.22. The Morgan fingerprint density at radius 1 is 1.47 bits per heavy atom. The summed E-state index contributed by atoms with van der Waals surface area (Å²) >= 11 is 1.37. The summed E-state index contributed by atoms with van der Waals surface area (Å²) < 4.78 is 10.8. The summed E-state index contributed by atoms with van der Waals surface area (Å²) in [5.74, 6) is 0.408. The molecule has 0 aliphatic carbocycles. The molecular weight excluding hydrogens is 266 g/mol. The minimum absolute atomic E-state index is 0.219. The van der Waals surface area contributed by atoms with Crippen molar-refractivity contribution in [3.05, 3.63) is 36.5 Å². The molecule has 96 valence electrons. The van der Waals surface area contributed by atoms with Gasteiger partial charge in [-0.15, -0.1) is 0 Å². The molecule has 0 saturated heterocycles. The number of carbonyl (C=O) groups excluding carboxylic acids is 1. The zero-order chi connectivity index (χ0) is 13.2. The number of hydrogen-bond donors (Lipinski definition) is 1. The molecule has 0 radical (unpaired) electrons. The van der Waals surface area contributed by atoms with Crippen molar-refractivity contribution >= 4 is 32.6 Å². The molecule has 19 heavy (non-hydrogen) atoms. The Labute approximate surface area is 112 Å². The molecule has 1 aromatic carbocycles. The number of ether oxygens (including phenoxy) is 1. The second-order valence-corrected chi connectivity index (χ2v) is 4.71. The highest BCUT2D eigenvalue weighted by atomic mass is 32.1. The fourth-order valence-electron chi connectivity index (χ4n) is 1.57. The number of amides is 1. The normalized spacial score (nSPS) is 10.6. The first-order valence-electron chi connectivity index (χ1n) is 5.40. The number of anilines is 1. The van der Waals surface area contributed by atoms with Crippen molar-refractivity contribution in [3.63, 3.8) is 0 Å². The Hall–Kier alpha value is -2.41. The highest BCUT2D eigenvalue weighted by Crippen LogP contribution is 2.29. The summed E-state index contributed by atoms with van der Waals surface area (Å²) in [6.45, 7) is 0. The fraction of sp³-hybridized carbons (Fsp3) is 0.0833. The summed E-state index contributed by atoms with van der Waals surface area (Å²) in [5, 5.41) is 3.19. The van der Waals surface area contributed by atoms with Crippen molar-refractivity contribution in [1.82, 2.24) is 9.97 Å². The molecule has 0 atom stereocenters. The maximum Gasteiger partial charge on any atom is 0.279 e. The third-order valence-corrected chi connectivity index (χ3v) is 3.41. The molecule has 2 heterocycles. The molecule has 2 aromatic heterocycles. The number of fused-ring (bicyclic) bond motifs is 1. The zero-order valence-electron chi connectivity index (χ0n) is 9.91. The predicted octanol–water partition coefficient (Wildman–Crippen LogP) is 2.55. The van der Waals surface area contributed by atoms with Crippen molar-refractivity contribution in [2.75, 3.05) is 12.4 Å². The largest absolute Gasteiger partial charge is 0.497 e. The Morgan fingerprint density at radius 2 is 2.37 bits per heavy atom. The van der Waals surface area contributed by atoms with Crippen LogP contribution in [0, 0.1) is 0 Å². The van der Waals surface area contributed by atoms with E-state index in [1.165, 1.54) is 24.0 Å². The van der Waals surface area contributed by atoms with E-state index in [0.29, 0.717) is 5.13 Å².